The molecule has 0 N–H and O–H groups in total. The molecule has 4 nitrogen and oxygen atoms in total. The van der Waals surface area contributed by atoms with Crippen molar-refractivity contribution >= 4 is 32.4 Å². The molecule has 1 aromatic carbocycles. The number of hydrogen-bond donors (Lipinski definition) is 0. The largest absolute Gasteiger partial charge is 0.376 e. The number of hydrogen-bond acceptors (Lipinski definition) is 5. The summed E-state index contributed by atoms with van der Waals surface area (Å²) in [5, 5.41) is 9.64. The maximum Gasteiger partial charge on any atom is 0.208 e. The first-order valence-corrected chi connectivity index (χ1v) is 8.36. The van der Waals surface area contributed by atoms with Crippen molar-refractivity contribution in [3.05, 3.63) is 28.5 Å². The lowest BCUT2D eigenvalue weighted by Gasteiger charge is -2.18. The summed E-state index contributed by atoms with van der Waals surface area (Å²) in [6, 6.07) is 4.82. The number of ether oxygens (including phenoxy) is 1. The van der Waals surface area contributed by atoms with Crippen LogP contribution in [0.25, 0.3) is 10.6 Å². The van der Waals surface area contributed by atoms with Crippen molar-refractivity contribution in [2.75, 3.05) is 25.1 Å². The van der Waals surface area contributed by atoms with E-state index in [0.717, 1.165) is 35.6 Å². The first kappa shape index (κ1) is 14.9. The molecule has 1 unspecified atom stereocenters. The quantitative estimate of drug-likeness (QED) is 0.820. The van der Waals surface area contributed by atoms with Gasteiger partial charge in [0.15, 0.2) is 5.01 Å². The van der Waals surface area contributed by atoms with Crippen LogP contribution >= 0.6 is 27.3 Å². The van der Waals surface area contributed by atoms with Crippen LogP contribution in [-0.4, -0.2) is 36.5 Å². The zero-order valence-corrected chi connectivity index (χ0v) is 14.0. The Labute approximate surface area is 135 Å². The van der Waals surface area contributed by atoms with Gasteiger partial charge in [0.25, 0.3) is 0 Å². The van der Waals surface area contributed by atoms with E-state index in [9.17, 15) is 4.39 Å². The van der Waals surface area contributed by atoms with Crippen molar-refractivity contribution in [1.82, 2.24) is 10.2 Å². The van der Waals surface area contributed by atoms with Gasteiger partial charge in [-0.1, -0.05) is 27.3 Å². The molecule has 1 fully saturated rings. The highest BCUT2D eigenvalue weighted by molar-refractivity contribution is 9.10. The minimum Gasteiger partial charge on any atom is -0.376 e. The molecule has 0 bridgehead atoms. The number of rotatable bonds is 4. The van der Waals surface area contributed by atoms with Crippen molar-refractivity contribution in [2.45, 2.75) is 18.9 Å². The predicted octanol–water partition coefficient (Wildman–Crippen LogP) is 3.72. The summed E-state index contributed by atoms with van der Waals surface area (Å²) in [5.41, 5.74) is 0.471. The lowest BCUT2D eigenvalue weighted by molar-refractivity contribution is 0.116. The highest BCUT2D eigenvalue weighted by Gasteiger charge is 2.20. The maximum atomic E-state index is 13.9. The zero-order valence-electron chi connectivity index (χ0n) is 11.6. The van der Waals surface area contributed by atoms with E-state index in [0.29, 0.717) is 10.6 Å². The van der Waals surface area contributed by atoms with Gasteiger partial charge in [-0.2, -0.15) is 0 Å². The Balaban J connectivity index is 1.77. The molecule has 1 aromatic heterocycles. The van der Waals surface area contributed by atoms with E-state index < -0.39 is 0 Å². The van der Waals surface area contributed by atoms with Crippen molar-refractivity contribution in [2.24, 2.45) is 0 Å². The maximum absolute atomic E-state index is 13.9. The van der Waals surface area contributed by atoms with Gasteiger partial charge in [-0.05, 0) is 31.0 Å². The summed E-state index contributed by atoms with van der Waals surface area (Å²) < 4.78 is 20.3. The topological polar surface area (TPSA) is 38.2 Å². The van der Waals surface area contributed by atoms with Gasteiger partial charge in [0.05, 0.1) is 6.10 Å². The zero-order chi connectivity index (χ0) is 14.8. The first-order chi connectivity index (χ1) is 10.1. The van der Waals surface area contributed by atoms with Gasteiger partial charge in [0, 0.05) is 30.2 Å². The Morgan fingerprint density at radius 1 is 1.48 bits per heavy atom. The summed E-state index contributed by atoms with van der Waals surface area (Å²) in [6.45, 7) is 1.62. The molecule has 0 amide bonds. The SMILES string of the molecule is CN(CC1CCCO1)c1nnc(-c2cc(Br)ccc2F)s1. The van der Waals surface area contributed by atoms with Gasteiger partial charge < -0.3 is 9.64 Å². The molecule has 0 spiro atoms. The fourth-order valence-corrected chi connectivity index (χ4v) is 3.51. The van der Waals surface area contributed by atoms with Crippen molar-refractivity contribution < 1.29 is 9.13 Å². The molecule has 1 aliphatic heterocycles. The molecule has 0 saturated carbocycles. The lowest BCUT2D eigenvalue weighted by atomic mass is 10.2. The molecule has 2 aromatic rings. The van der Waals surface area contributed by atoms with E-state index in [2.05, 4.69) is 26.1 Å². The third-order valence-electron chi connectivity index (χ3n) is 3.40. The van der Waals surface area contributed by atoms with E-state index in [4.69, 9.17) is 4.74 Å². The molecule has 1 aliphatic rings. The molecule has 2 heterocycles. The first-order valence-electron chi connectivity index (χ1n) is 6.75. The van der Waals surface area contributed by atoms with Gasteiger partial charge >= 0.3 is 0 Å². The lowest BCUT2D eigenvalue weighted by Crippen LogP contribution is -2.28. The van der Waals surface area contributed by atoms with Crippen LogP contribution in [0.4, 0.5) is 9.52 Å². The molecular weight excluding hydrogens is 357 g/mol. The molecular formula is C14H15BrFN3OS. The van der Waals surface area contributed by atoms with E-state index in [1.165, 1.54) is 17.4 Å². The van der Waals surface area contributed by atoms with Crippen LogP contribution in [0.3, 0.4) is 0 Å². The minimum absolute atomic E-state index is 0.255. The molecule has 1 atom stereocenters. The predicted molar refractivity (Wildman–Crippen MR) is 85.2 cm³/mol. The number of likely N-dealkylation sites (N-methyl/N-ethyl adjacent to an activating group) is 1. The number of benzene rings is 1. The van der Waals surface area contributed by atoms with Gasteiger partial charge in [-0.25, -0.2) is 4.39 Å². The van der Waals surface area contributed by atoms with E-state index in [-0.39, 0.29) is 11.9 Å². The number of anilines is 1. The average Bonchev–Trinajstić information content (AvgIpc) is 3.12. The average molecular weight is 372 g/mol. The van der Waals surface area contributed by atoms with E-state index >= 15 is 0 Å². The van der Waals surface area contributed by atoms with Gasteiger partial charge in [-0.3, -0.25) is 0 Å². The molecule has 0 aliphatic carbocycles. The van der Waals surface area contributed by atoms with Crippen LogP contribution in [-0.2, 0) is 4.74 Å². The molecule has 3 rings (SSSR count). The third-order valence-corrected chi connectivity index (χ3v) is 4.97. The molecule has 21 heavy (non-hydrogen) atoms. The Hall–Kier alpha value is -1.05. The Morgan fingerprint density at radius 2 is 2.33 bits per heavy atom. The second kappa shape index (κ2) is 6.37. The van der Waals surface area contributed by atoms with Gasteiger partial charge in [0.2, 0.25) is 5.13 Å². The van der Waals surface area contributed by atoms with E-state index in [1.54, 1.807) is 12.1 Å². The van der Waals surface area contributed by atoms with Crippen molar-refractivity contribution in [3.63, 3.8) is 0 Å². The molecule has 1 saturated heterocycles. The number of aromatic nitrogens is 2. The van der Waals surface area contributed by atoms with Crippen molar-refractivity contribution in [1.29, 1.82) is 0 Å². The molecule has 7 heteroatoms. The highest BCUT2D eigenvalue weighted by atomic mass is 79.9. The van der Waals surface area contributed by atoms with Crippen LogP contribution in [0.5, 0.6) is 0 Å². The highest BCUT2D eigenvalue weighted by Crippen LogP contribution is 2.32. The molecule has 0 radical (unpaired) electrons. The standard InChI is InChI=1S/C14H15BrFN3OS/c1-19(8-10-3-2-6-20-10)14-18-17-13(21-14)11-7-9(15)4-5-12(11)16/h4-5,7,10H,2-3,6,8H2,1H3. The van der Waals surface area contributed by atoms with Crippen LogP contribution < -0.4 is 4.90 Å². The van der Waals surface area contributed by atoms with Crippen molar-refractivity contribution in [3.8, 4) is 10.6 Å². The van der Waals surface area contributed by atoms with Crippen LogP contribution in [0.15, 0.2) is 22.7 Å². The number of nitrogens with zero attached hydrogens (tertiary/aromatic N) is 3. The summed E-state index contributed by atoms with van der Waals surface area (Å²) in [6.07, 6.45) is 2.45. The Morgan fingerprint density at radius 3 is 3.10 bits per heavy atom. The second-order valence-corrected chi connectivity index (χ2v) is 6.90. The normalized spacial score (nSPS) is 18.1. The van der Waals surface area contributed by atoms with E-state index in [1.807, 2.05) is 11.9 Å². The minimum atomic E-state index is -0.289. The Kier molecular flexibility index (Phi) is 4.51. The fraction of sp³-hybridized carbons (Fsp3) is 0.429. The van der Waals surface area contributed by atoms with Crippen LogP contribution in [0.2, 0.25) is 0 Å². The Bertz CT molecular complexity index is 630. The monoisotopic (exact) mass is 371 g/mol. The smallest absolute Gasteiger partial charge is 0.208 e. The summed E-state index contributed by atoms with van der Waals surface area (Å²) in [7, 11) is 1.96. The van der Waals surface area contributed by atoms with Gasteiger partial charge in [0.1, 0.15) is 5.82 Å². The van der Waals surface area contributed by atoms with Crippen LogP contribution in [0, 0.1) is 5.82 Å². The third kappa shape index (κ3) is 3.41. The summed E-state index contributed by atoms with van der Waals surface area (Å²) >= 11 is 4.74. The summed E-state index contributed by atoms with van der Waals surface area (Å²) in [4.78, 5) is 2.02. The summed E-state index contributed by atoms with van der Waals surface area (Å²) in [5.74, 6) is -0.289. The van der Waals surface area contributed by atoms with Gasteiger partial charge in [-0.15, -0.1) is 10.2 Å². The number of halogens is 2. The fourth-order valence-electron chi connectivity index (χ4n) is 2.31. The van der Waals surface area contributed by atoms with Crippen LogP contribution in [0.1, 0.15) is 12.8 Å². The second-order valence-electron chi connectivity index (χ2n) is 5.03. The molecule has 112 valence electrons.